The standard InChI is InChI=1S/C24H28N8O2/c1-13-9-31(10-14(2)26-13)19-7-6-17(21-18(19)8-25-16(4)28-21)23(33)29-20-12-32-11-15(3)27-22(32)24(30-20)34-5/h6-8,11-14,26H,9-10H2,1-5H3,(H,29,33)/t13-,14-/m0/s1. The van der Waals surface area contributed by atoms with Crippen molar-refractivity contribution in [3.8, 4) is 5.88 Å². The zero-order valence-electron chi connectivity index (χ0n) is 20.0. The van der Waals surface area contributed by atoms with Crippen molar-refractivity contribution < 1.29 is 9.53 Å². The molecule has 2 N–H and O–H groups in total. The smallest absolute Gasteiger partial charge is 0.260 e. The molecule has 1 aliphatic rings. The summed E-state index contributed by atoms with van der Waals surface area (Å²) in [6.45, 7) is 9.80. The summed E-state index contributed by atoms with van der Waals surface area (Å²) in [7, 11) is 1.53. The summed E-state index contributed by atoms with van der Waals surface area (Å²) in [5.74, 6) is 1.00. The molecule has 5 rings (SSSR count). The van der Waals surface area contributed by atoms with E-state index in [1.54, 1.807) is 10.6 Å². The minimum absolute atomic E-state index is 0.303. The molecule has 1 aliphatic heterocycles. The number of anilines is 2. The number of hydrogen-bond donors (Lipinski definition) is 2. The van der Waals surface area contributed by atoms with Crippen LogP contribution in [0.4, 0.5) is 11.5 Å². The van der Waals surface area contributed by atoms with Gasteiger partial charge in [-0.3, -0.25) is 9.20 Å². The summed E-state index contributed by atoms with van der Waals surface area (Å²) in [4.78, 5) is 33.6. The van der Waals surface area contributed by atoms with E-state index in [0.717, 1.165) is 29.9 Å². The number of carbonyl (C=O) groups excluding carboxylic acids is 1. The summed E-state index contributed by atoms with van der Waals surface area (Å²) in [6.07, 6.45) is 5.38. The predicted octanol–water partition coefficient (Wildman–Crippen LogP) is 2.74. The van der Waals surface area contributed by atoms with Gasteiger partial charge < -0.3 is 20.3 Å². The molecule has 0 spiro atoms. The Hall–Kier alpha value is -3.79. The number of piperazine rings is 1. The number of rotatable bonds is 4. The molecular formula is C24H28N8O2. The van der Waals surface area contributed by atoms with Crippen molar-refractivity contribution in [3.63, 3.8) is 0 Å². The summed E-state index contributed by atoms with van der Waals surface area (Å²) in [6, 6.07) is 4.53. The molecule has 1 fully saturated rings. The maximum absolute atomic E-state index is 13.4. The van der Waals surface area contributed by atoms with Crippen LogP contribution in [-0.4, -0.2) is 62.5 Å². The van der Waals surface area contributed by atoms with Crippen molar-refractivity contribution in [3.05, 3.63) is 47.8 Å². The van der Waals surface area contributed by atoms with Gasteiger partial charge in [0.1, 0.15) is 5.82 Å². The number of nitrogens with zero attached hydrogens (tertiary/aromatic N) is 6. The molecular weight excluding hydrogens is 432 g/mol. The minimum atomic E-state index is -0.303. The quantitative estimate of drug-likeness (QED) is 0.478. The second-order valence-electron chi connectivity index (χ2n) is 8.89. The van der Waals surface area contributed by atoms with Gasteiger partial charge in [-0.1, -0.05) is 0 Å². The number of imidazole rings is 1. The second kappa shape index (κ2) is 8.53. The number of nitrogens with one attached hydrogen (secondary N) is 2. The number of carbonyl (C=O) groups is 1. The summed E-state index contributed by atoms with van der Waals surface area (Å²) in [5.41, 5.74) is 3.53. The van der Waals surface area contributed by atoms with Gasteiger partial charge in [0.2, 0.25) is 5.65 Å². The van der Waals surface area contributed by atoms with Crippen LogP contribution in [0.15, 0.2) is 30.7 Å². The lowest BCUT2D eigenvalue weighted by atomic mass is 10.0. The van der Waals surface area contributed by atoms with Gasteiger partial charge in [-0.05, 0) is 39.8 Å². The second-order valence-corrected chi connectivity index (χ2v) is 8.89. The molecule has 3 aromatic heterocycles. The van der Waals surface area contributed by atoms with E-state index in [4.69, 9.17) is 4.74 Å². The van der Waals surface area contributed by atoms with Crippen molar-refractivity contribution in [2.75, 3.05) is 30.4 Å². The molecule has 0 radical (unpaired) electrons. The number of methoxy groups -OCH3 is 1. The highest BCUT2D eigenvalue weighted by atomic mass is 16.5. The summed E-state index contributed by atoms with van der Waals surface area (Å²) < 4.78 is 7.17. The number of hydrogen-bond acceptors (Lipinski definition) is 8. The van der Waals surface area contributed by atoms with E-state index in [2.05, 4.69) is 49.3 Å². The largest absolute Gasteiger partial charge is 0.478 e. The van der Waals surface area contributed by atoms with Crippen LogP contribution in [0.3, 0.4) is 0 Å². The first-order valence-electron chi connectivity index (χ1n) is 11.3. The van der Waals surface area contributed by atoms with E-state index >= 15 is 0 Å². The van der Waals surface area contributed by atoms with E-state index in [1.807, 2.05) is 38.4 Å². The highest BCUT2D eigenvalue weighted by molar-refractivity contribution is 6.13. The Morgan fingerprint density at radius 1 is 1.12 bits per heavy atom. The minimum Gasteiger partial charge on any atom is -0.478 e. The summed E-state index contributed by atoms with van der Waals surface area (Å²) >= 11 is 0. The molecule has 0 unspecified atom stereocenters. The number of benzene rings is 1. The highest BCUT2D eigenvalue weighted by Gasteiger charge is 2.24. The third-order valence-corrected chi connectivity index (χ3v) is 5.95. The van der Waals surface area contributed by atoms with E-state index in [1.165, 1.54) is 7.11 Å². The number of fused-ring (bicyclic) bond motifs is 2. The zero-order valence-corrected chi connectivity index (χ0v) is 20.0. The third-order valence-electron chi connectivity index (χ3n) is 5.95. The van der Waals surface area contributed by atoms with Crippen LogP contribution in [0, 0.1) is 13.8 Å². The molecule has 10 nitrogen and oxygen atoms in total. The SMILES string of the molecule is COc1nc(NC(=O)c2ccc(N3C[C@H](C)N[C@@H](C)C3)c3cnc(C)nc23)cn2cc(C)nc12. The highest BCUT2D eigenvalue weighted by Crippen LogP contribution is 2.30. The molecule has 1 saturated heterocycles. The first-order valence-corrected chi connectivity index (χ1v) is 11.3. The lowest BCUT2D eigenvalue weighted by molar-refractivity contribution is 0.102. The molecule has 34 heavy (non-hydrogen) atoms. The van der Waals surface area contributed by atoms with Gasteiger partial charge in [0.15, 0.2) is 5.82 Å². The van der Waals surface area contributed by atoms with Crippen LogP contribution in [0.2, 0.25) is 0 Å². The Morgan fingerprint density at radius 3 is 2.62 bits per heavy atom. The van der Waals surface area contributed by atoms with Crippen molar-refractivity contribution in [2.24, 2.45) is 0 Å². The average Bonchev–Trinajstić information content (AvgIpc) is 3.16. The maximum Gasteiger partial charge on any atom is 0.260 e. The van der Waals surface area contributed by atoms with Crippen molar-refractivity contribution in [1.29, 1.82) is 0 Å². The van der Waals surface area contributed by atoms with E-state index < -0.39 is 0 Å². The van der Waals surface area contributed by atoms with E-state index in [9.17, 15) is 4.79 Å². The van der Waals surface area contributed by atoms with Gasteiger partial charge in [-0.25, -0.2) is 15.0 Å². The molecule has 2 atom stereocenters. The first kappa shape index (κ1) is 22.0. The van der Waals surface area contributed by atoms with Crippen LogP contribution >= 0.6 is 0 Å². The van der Waals surface area contributed by atoms with Gasteiger partial charge in [0, 0.05) is 48.6 Å². The molecule has 1 aromatic carbocycles. The fourth-order valence-electron chi connectivity index (χ4n) is 4.65. The van der Waals surface area contributed by atoms with E-state index in [0.29, 0.717) is 46.3 Å². The average molecular weight is 461 g/mol. The molecule has 0 saturated carbocycles. The first-order chi connectivity index (χ1) is 16.3. The van der Waals surface area contributed by atoms with Gasteiger partial charge in [-0.2, -0.15) is 4.98 Å². The molecule has 4 aromatic rings. The van der Waals surface area contributed by atoms with Gasteiger partial charge >= 0.3 is 0 Å². The van der Waals surface area contributed by atoms with Crippen molar-refractivity contribution in [2.45, 2.75) is 39.8 Å². The normalized spacial score (nSPS) is 18.4. The van der Waals surface area contributed by atoms with Crippen LogP contribution in [0.5, 0.6) is 5.88 Å². The molecule has 10 heteroatoms. The molecule has 0 aliphatic carbocycles. The Kier molecular flexibility index (Phi) is 5.52. The van der Waals surface area contributed by atoms with Crippen LogP contribution in [0.25, 0.3) is 16.6 Å². The Balaban J connectivity index is 1.53. The monoisotopic (exact) mass is 460 g/mol. The van der Waals surface area contributed by atoms with Gasteiger partial charge in [0.25, 0.3) is 11.8 Å². The topological polar surface area (TPSA) is 110 Å². The molecule has 1 amide bonds. The lowest BCUT2D eigenvalue weighted by Crippen LogP contribution is -2.54. The van der Waals surface area contributed by atoms with Gasteiger partial charge in [0.05, 0.1) is 30.1 Å². The maximum atomic E-state index is 13.4. The predicted molar refractivity (Wildman–Crippen MR) is 131 cm³/mol. The van der Waals surface area contributed by atoms with Crippen molar-refractivity contribution >= 4 is 34.0 Å². The van der Waals surface area contributed by atoms with Crippen LogP contribution < -0.4 is 20.3 Å². The molecule has 176 valence electrons. The van der Waals surface area contributed by atoms with E-state index in [-0.39, 0.29) is 5.91 Å². The molecule has 0 bridgehead atoms. The number of aromatic nitrogens is 5. The zero-order chi connectivity index (χ0) is 24.0. The number of aryl methyl sites for hydroxylation is 2. The van der Waals surface area contributed by atoms with Crippen LogP contribution in [0.1, 0.15) is 35.7 Å². The Bertz CT molecular complexity index is 1390. The van der Waals surface area contributed by atoms with Gasteiger partial charge in [-0.15, -0.1) is 0 Å². The fourth-order valence-corrected chi connectivity index (χ4v) is 4.65. The fraction of sp³-hybridized carbons (Fsp3) is 0.375. The van der Waals surface area contributed by atoms with Crippen molar-refractivity contribution in [1.82, 2.24) is 29.7 Å². The Morgan fingerprint density at radius 2 is 1.88 bits per heavy atom. The number of ether oxygens (including phenoxy) is 1. The summed E-state index contributed by atoms with van der Waals surface area (Å²) in [5, 5.41) is 7.30. The third kappa shape index (κ3) is 4.01. The number of amides is 1. The lowest BCUT2D eigenvalue weighted by Gasteiger charge is -2.38. The Labute approximate surface area is 197 Å². The molecule has 4 heterocycles. The van der Waals surface area contributed by atoms with Crippen LogP contribution in [-0.2, 0) is 0 Å².